The lowest BCUT2D eigenvalue weighted by Gasteiger charge is -2.05. The van der Waals surface area contributed by atoms with E-state index in [9.17, 15) is 5.11 Å². The van der Waals surface area contributed by atoms with Crippen LogP contribution in [0.3, 0.4) is 0 Å². The summed E-state index contributed by atoms with van der Waals surface area (Å²) in [4.78, 5) is 0.883. The van der Waals surface area contributed by atoms with Gasteiger partial charge in [-0.2, -0.15) is 0 Å². The molecule has 0 fully saturated rings. The minimum Gasteiger partial charge on any atom is -0.504 e. The van der Waals surface area contributed by atoms with Gasteiger partial charge in [-0.25, -0.2) is 0 Å². The van der Waals surface area contributed by atoms with E-state index < -0.39 is 0 Å². The number of halogens is 1. The van der Waals surface area contributed by atoms with Crippen molar-refractivity contribution in [3.63, 3.8) is 0 Å². The smallest absolute Gasteiger partial charge is 0.205 e. The molecular formula is C16H14ClNO2S. The highest BCUT2D eigenvalue weighted by Gasteiger charge is 2.22. The van der Waals surface area contributed by atoms with E-state index in [0.717, 1.165) is 16.0 Å². The molecule has 0 amide bonds. The third kappa shape index (κ3) is 2.41. The van der Waals surface area contributed by atoms with E-state index in [1.165, 1.54) is 11.3 Å². The van der Waals surface area contributed by atoms with Gasteiger partial charge in [0, 0.05) is 12.1 Å². The summed E-state index contributed by atoms with van der Waals surface area (Å²) in [7, 11) is 1.76. The van der Waals surface area contributed by atoms with Crippen molar-refractivity contribution in [2.75, 3.05) is 12.4 Å². The van der Waals surface area contributed by atoms with E-state index in [4.69, 9.17) is 16.0 Å². The Bertz CT molecular complexity index is 778. The van der Waals surface area contributed by atoms with Crippen LogP contribution >= 0.6 is 22.9 Å². The van der Waals surface area contributed by atoms with Crippen LogP contribution in [-0.4, -0.2) is 12.2 Å². The van der Waals surface area contributed by atoms with Crippen LogP contribution in [-0.2, 0) is 0 Å². The molecule has 0 atom stereocenters. The molecule has 21 heavy (non-hydrogen) atoms. The maximum Gasteiger partial charge on any atom is 0.205 e. The minimum atomic E-state index is 0.127. The Hall–Kier alpha value is -1.91. The normalized spacial score (nSPS) is 10.8. The third-order valence-electron chi connectivity index (χ3n) is 3.32. The largest absolute Gasteiger partial charge is 0.504 e. The molecule has 108 valence electrons. The summed E-state index contributed by atoms with van der Waals surface area (Å²) in [6.07, 6.45) is 0. The number of hydrogen-bond acceptors (Lipinski definition) is 4. The molecule has 2 aromatic heterocycles. The topological polar surface area (TPSA) is 45.4 Å². The molecule has 5 heteroatoms. The van der Waals surface area contributed by atoms with Gasteiger partial charge in [0.1, 0.15) is 0 Å². The Labute approximate surface area is 131 Å². The number of furan rings is 1. The molecule has 0 unspecified atom stereocenters. The highest BCUT2D eigenvalue weighted by Crippen LogP contribution is 2.47. The molecule has 0 bridgehead atoms. The van der Waals surface area contributed by atoms with Crippen LogP contribution in [0.25, 0.3) is 21.8 Å². The Morgan fingerprint density at radius 3 is 2.71 bits per heavy atom. The second-order valence-corrected chi connectivity index (χ2v) is 6.03. The number of anilines is 1. The van der Waals surface area contributed by atoms with Crippen molar-refractivity contribution in [1.82, 2.24) is 0 Å². The average Bonchev–Trinajstić information content (AvgIpc) is 3.09. The van der Waals surface area contributed by atoms with Crippen LogP contribution < -0.4 is 5.32 Å². The molecule has 0 saturated heterocycles. The molecular weight excluding hydrogens is 306 g/mol. The van der Waals surface area contributed by atoms with Crippen LogP contribution in [0.5, 0.6) is 5.75 Å². The van der Waals surface area contributed by atoms with Crippen molar-refractivity contribution in [1.29, 1.82) is 0 Å². The van der Waals surface area contributed by atoms with Crippen LogP contribution in [0.15, 0.2) is 40.1 Å². The van der Waals surface area contributed by atoms with Crippen molar-refractivity contribution in [3.8, 4) is 27.5 Å². The fourth-order valence-corrected chi connectivity index (χ4v) is 3.08. The second-order valence-electron chi connectivity index (χ2n) is 4.68. The fraction of sp³-hybridized carbons (Fsp3) is 0.125. The summed E-state index contributed by atoms with van der Waals surface area (Å²) in [6.45, 7) is 1.94. The zero-order valence-corrected chi connectivity index (χ0v) is 13.2. The lowest BCUT2D eigenvalue weighted by Crippen LogP contribution is -1.88. The maximum atomic E-state index is 10.6. The average molecular weight is 320 g/mol. The van der Waals surface area contributed by atoms with E-state index in [-0.39, 0.29) is 5.75 Å². The number of nitrogens with one attached hydrogen (secondary N) is 1. The predicted molar refractivity (Wildman–Crippen MR) is 88.4 cm³/mol. The lowest BCUT2D eigenvalue weighted by atomic mass is 10.0. The van der Waals surface area contributed by atoms with Crippen LogP contribution in [0.1, 0.15) is 5.56 Å². The van der Waals surface area contributed by atoms with Gasteiger partial charge in [-0.05, 0) is 35.6 Å². The Morgan fingerprint density at radius 2 is 2.10 bits per heavy atom. The third-order valence-corrected chi connectivity index (χ3v) is 4.59. The van der Waals surface area contributed by atoms with Crippen LogP contribution in [0, 0.1) is 6.92 Å². The number of rotatable bonds is 3. The molecule has 0 aliphatic carbocycles. The summed E-state index contributed by atoms with van der Waals surface area (Å²) in [6, 6.07) is 9.51. The Kier molecular flexibility index (Phi) is 3.66. The molecule has 0 aliphatic rings. The summed E-state index contributed by atoms with van der Waals surface area (Å²) in [5.74, 6) is 1.12. The van der Waals surface area contributed by atoms with E-state index in [1.807, 2.05) is 42.6 Å². The summed E-state index contributed by atoms with van der Waals surface area (Å²) in [5, 5.41) is 16.1. The van der Waals surface area contributed by atoms with Gasteiger partial charge >= 0.3 is 0 Å². The van der Waals surface area contributed by atoms with Crippen LogP contribution in [0.2, 0.25) is 5.02 Å². The molecule has 0 radical (unpaired) electrons. The first kappa shape index (κ1) is 14.0. The Balaban J connectivity index is 2.20. The zero-order valence-electron chi connectivity index (χ0n) is 11.6. The van der Waals surface area contributed by atoms with Crippen molar-refractivity contribution < 1.29 is 9.52 Å². The first-order chi connectivity index (χ1) is 10.1. The molecule has 0 saturated carbocycles. The Morgan fingerprint density at radius 1 is 1.29 bits per heavy atom. The highest BCUT2D eigenvalue weighted by molar-refractivity contribution is 7.13. The van der Waals surface area contributed by atoms with Crippen molar-refractivity contribution in [3.05, 3.63) is 46.3 Å². The standard InChI is InChI=1S/C16H14ClNO2S/c1-9-5-6-10(8-11(9)17)13-14(19)15(20-16(13)18-2)12-4-3-7-21-12/h3-8,18-19H,1-2H3. The van der Waals surface area contributed by atoms with E-state index >= 15 is 0 Å². The number of hydrogen-bond donors (Lipinski definition) is 2. The van der Waals surface area contributed by atoms with E-state index in [1.54, 1.807) is 7.05 Å². The molecule has 2 N–H and O–H groups in total. The quantitative estimate of drug-likeness (QED) is 0.681. The summed E-state index contributed by atoms with van der Waals surface area (Å²) >= 11 is 7.70. The van der Waals surface area contributed by atoms with Gasteiger partial charge in [0.25, 0.3) is 0 Å². The molecule has 3 nitrogen and oxygen atoms in total. The van der Waals surface area contributed by atoms with E-state index in [2.05, 4.69) is 5.32 Å². The van der Waals surface area contributed by atoms with Gasteiger partial charge in [-0.1, -0.05) is 29.8 Å². The number of aromatic hydroxyl groups is 1. The number of aryl methyl sites for hydroxylation is 1. The first-order valence-corrected chi connectivity index (χ1v) is 7.71. The van der Waals surface area contributed by atoms with Crippen molar-refractivity contribution in [2.45, 2.75) is 6.92 Å². The van der Waals surface area contributed by atoms with Gasteiger partial charge in [-0.15, -0.1) is 11.3 Å². The van der Waals surface area contributed by atoms with Gasteiger partial charge in [0.15, 0.2) is 11.5 Å². The highest BCUT2D eigenvalue weighted by atomic mass is 35.5. The fourth-order valence-electron chi connectivity index (χ4n) is 2.19. The molecule has 3 rings (SSSR count). The van der Waals surface area contributed by atoms with Gasteiger partial charge in [0.05, 0.1) is 10.4 Å². The van der Waals surface area contributed by atoms with Crippen LogP contribution in [0.4, 0.5) is 5.88 Å². The number of thiophene rings is 1. The second kappa shape index (κ2) is 5.47. The first-order valence-electron chi connectivity index (χ1n) is 6.45. The predicted octanol–water partition coefficient (Wildman–Crippen LogP) is 5.38. The molecule has 0 spiro atoms. The lowest BCUT2D eigenvalue weighted by molar-refractivity contribution is 0.467. The molecule has 1 aromatic carbocycles. The monoisotopic (exact) mass is 319 g/mol. The van der Waals surface area contributed by atoms with Gasteiger partial charge < -0.3 is 14.8 Å². The number of benzene rings is 1. The van der Waals surface area contributed by atoms with Crippen molar-refractivity contribution in [2.24, 2.45) is 0 Å². The molecule has 2 heterocycles. The zero-order chi connectivity index (χ0) is 15.0. The van der Waals surface area contributed by atoms with Crippen molar-refractivity contribution >= 4 is 28.8 Å². The van der Waals surface area contributed by atoms with Gasteiger partial charge in [0.2, 0.25) is 5.88 Å². The van der Waals surface area contributed by atoms with Gasteiger partial charge in [-0.3, -0.25) is 0 Å². The minimum absolute atomic E-state index is 0.127. The SMILES string of the molecule is CNc1oc(-c2cccs2)c(O)c1-c1ccc(C)c(Cl)c1. The summed E-state index contributed by atoms with van der Waals surface area (Å²) < 4.78 is 5.77. The molecule has 3 aromatic rings. The summed E-state index contributed by atoms with van der Waals surface area (Å²) in [5.41, 5.74) is 2.44. The maximum absolute atomic E-state index is 10.6. The van der Waals surface area contributed by atoms with E-state index in [0.29, 0.717) is 22.2 Å². The molecule has 0 aliphatic heterocycles.